The molecule has 0 bridgehead atoms. The second-order valence-electron chi connectivity index (χ2n) is 4.52. The molecular weight excluding hydrogens is 170 g/mol. The first kappa shape index (κ1) is 11.3. The molecule has 0 heterocycles. The molecule has 0 spiro atoms. The summed E-state index contributed by atoms with van der Waals surface area (Å²) in [7, 11) is 0. The third kappa shape index (κ3) is 2.85. The van der Waals surface area contributed by atoms with Crippen molar-refractivity contribution in [3.05, 3.63) is 34.9 Å². The van der Waals surface area contributed by atoms with E-state index in [2.05, 4.69) is 45.9 Å². The Balaban J connectivity index is 2.96. The van der Waals surface area contributed by atoms with Gasteiger partial charge in [0, 0.05) is 6.04 Å². The zero-order valence-corrected chi connectivity index (χ0v) is 9.67. The van der Waals surface area contributed by atoms with Crippen LogP contribution in [-0.2, 0) is 6.42 Å². The van der Waals surface area contributed by atoms with Crippen LogP contribution in [0.25, 0.3) is 0 Å². The van der Waals surface area contributed by atoms with E-state index in [1.54, 1.807) is 0 Å². The summed E-state index contributed by atoms with van der Waals surface area (Å²) in [4.78, 5) is 0. The van der Waals surface area contributed by atoms with Crippen LogP contribution in [0.3, 0.4) is 0 Å². The first-order valence-corrected chi connectivity index (χ1v) is 5.35. The molecule has 0 aliphatic carbocycles. The Morgan fingerprint density at radius 3 is 2.36 bits per heavy atom. The molecule has 1 unspecified atom stereocenters. The van der Waals surface area contributed by atoms with Crippen LogP contribution in [0.15, 0.2) is 18.2 Å². The molecule has 0 radical (unpaired) electrons. The monoisotopic (exact) mass is 191 g/mol. The normalized spacial score (nSPS) is 13.3. The summed E-state index contributed by atoms with van der Waals surface area (Å²) >= 11 is 0. The van der Waals surface area contributed by atoms with Gasteiger partial charge in [0.2, 0.25) is 0 Å². The highest BCUT2D eigenvalue weighted by atomic mass is 14.6. The van der Waals surface area contributed by atoms with Crippen molar-refractivity contribution < 1.29 is 0 Å². The third-order valence-corrected chi connectivity index (χ3v) is 2.58. The van der Waals surface area contributed by atoms with E-state index >= 15 is 0 Å². The van der Waals surface area contributed by atoms with E-state index in [0.29, 0.717) is 5.92 Å². The minimum atomic E-state index is 0.246. The number of hydrogen-bond donors (Lipinski definition) is 1. The van der Waals surface area contributed by atoms with Crippen molar-refractivity contribution in [1.82, 2.24) is 0 Å². The summed E-state index contributed by atoms with van der Waals surface area (Å²) in [6.45, 7) is 8.66. The molecule has 0 aliphatic rings. The van der Waals surface area contributed by atoms with Gasteiger partial charge >= 0.3 is 0 Å². The molecule has 0 saturated carbocycles. The van der Waals surface area contributed by atoms with Gasteiger partial charge in [-0.15, -0.1) is 0 Å². The molecule has 1 heteroatoms. The maximum atomic E-state index is 5.82. The molecule has 0 amide bonds. The molecule has 0 saturated heterocycles. The Hall–Kier alpha value is -0.820. The van der Waals surface area contributed by atoms with Crippen molar-refractivity contribution in [3.8, 4) is 0 Å². The molecule has 2 N–H and O–H groups in total. The molecule has 1 rings (SSSR count). The predicted molar refractivity (Wildman–Crippen MR) is 62.6 cm³/mol. The zero-order chi connectivity index (χ0) is 10.7. The van der Waals surface area contributed by atoms with Crippen molar-refractivity contribution in [2.75, 3.05) is 0 Å². The molecule has 0 fully saturated rings. The summed E-state index contributed by atoms with van der Waals surface area (Å²) in [5.74, 6) is 0.599. The Morgan fingerprint density at radius 2 is 1.86 bits per heavy atom. The van der Waals surface area contributed by atoms with E-state index in [0.717, 1.165) is 6.42 Å². The van der Waals surface area contributed by atoms with Gasteiger partial charge in [0.25, 0.3) is 0 Å². The van der Waals surface area contributed by atoms with Gasteiger partial charge in [0.1, 0.15) is 0 Å². The fourth-order valence-electron chi connectivity index (χ4n) is 1.62. The highest BCUT2D eigenvalue weighted by molar-refractivity contribution is 5.33. The van der Waals surface area contributed by atoms with Gasteiger partial charge < -0.3 is 5.73 Å². The fourth-order valence-corrected chi connectivity index (χ4v) is 1.62. The standard InChI is InChI=1S/C13H21N/c1-9(2)12-6-5-10(3)13(8-12)7-11(4)14/h5-6,8-9,11H,7,14H2,1-4H3. The number of benzene rings is 1. The molecule has 0 aromatic heterocycles. The van der Waals surface area contributed by atoms with Crippen LogP contribution in [0.1, 0.15) is 43.4 Å². The van der Waals surface area contributed by atoms with E-state index in [-0.39, 0.29) is 6.04 Å². The van der Waals surface area contributed by atoms with Crippen LogP contribution in [0.4, 0.5) is 0 Å². The van der Waals surface area contributed by atoms with Crippen molar-refractivity contribution in [1.29, 1.82) is 0 Å². The molecule has 1 aromatic rings. The fraction of sp³-hybridized carbons (Fsp3) is 0.538. The highest BCUT2D eigenvalue weighted by Gasteiger charge is 2.05. The molecule has 1 atom stereocenters. The number of aryl methyl sites for hydroxylation is 1. The van der Waals surface area contributed by atoms with Crippen molar-refractivity contribution in [2.45, 2.75) is 46.1 Å². The Labute approximate surface area is 87.3 Å². The SMILES string of the molecule is Cc1ccc(C(C)C)cc1CC(C)N. The molecule has 78 valence electrons. The number of nitrogens with two attached hydrogens (primary N) is 1. The van der Waals surface area contributed by atoms with Gasteiger partial charge in [-0.1, -0.05) is 32.0 Å². The zero-order valence-electron chi connectivity index (χ0n) is 9.67. The molecule has 0 aliphatic heterocycles. The minimum absolute atomic E-state index is 0.246. The van der Waals surface area contributed by atoms with Gasteiger partial charge in [0.05, 0.1) is 0 Å². The van der Waals surface area contributed by atoms with E-state index in [1.807, 2.05) is 0 Å². The Kier molecular flexibility index (Phi) is 3.70. The van der Waals surface area contributed by atoms with Crippen molar-refractivity contribution in [2.24, 2.45) is 5.73 Å². The average molecular weight is 191 g/mol. The van der Waals surface area contributed by atoms with Crippen LogP contribution in [-0.4, -0.2) is 6.04 Å². The first-order valence-electron chi connectivity index (χ1n) is 5.35. The van der Waals surface area contributed by atoms with Crippen molar-refractivity contribution in [3.63, 3.8) is 0 Å². The minimum Gasteiger partial charge on any atom is -0.328 e. The lowest BCUT2D eigenvalue weighted by Gasteiger charge is -2.12. The maximum Gasteiger partial charge on any atom is 0.00510 e. The second kappa shape index (κ2) is 4.61. The van der Waals surface area contributed by atoms with Crippen LogP contribution >= 0.6 is 0 Å². The van der Waals surface area contributed by atoms with Crippen molar-refractivity contribution >= 4 is 0 Å². The van der Waals surface area contributed by atoms with Gasteiger partial charge in [-0.3, -0.25) is 0 Å². The maximum absolute atomic E-state index is 5.82. The number of hydrogen-bond acceptors (Lipinski definition) is 1. The van der Waals surface area contributed by atoms with E-state index < -0.39 is 0 Å². The van der Waals surface area contributed by atoms with Gasteiger partial charge in [-0.05, 0) is 42.9 Å². The van der Waals surface area contributed by atoms with Gasteiger partial charge in [0.15, 0.2) is 0 Å². The van der Waals surface area contributed by atoms with Crippen LogP contribution in [0.5, 0.6) is 0 Å². The smallest absolute Gasteiger partial charge is 0.00510 e. The highest BCUT2D eigenvalue weighted by Crippen LogP contribution is 2.19. The summed E-state index contributed by atoms with van der Waals surface area (Å²) in [5.41, 5.74) is 9.98. The molecule has 1 nitrogen and oxygen atoms in total. The Morgan fingerprint density at radius 1 is 1.21 bits per heavy atom. The van der Waals surface area contributed by atoms with Gasteiger partial charge in [-0.25, -0.2) is 0 Å². The largest absolute Gasteiger partial charge is 0.328 e. The molecule has 1 aromatic carbocycles. The van der Waals surface area contributed by atoms with Crippen LogP contribution in [0.2, 0.25) is 0 Å². The number of rotatable bonds is 3. The molecule has 14 heavy (non-hydrogen) atoms. The summed E-state index contributed by atoms with van der Waals surface area (Å²) in [6, 6.07) is 6.96. The predicted octanol–water partition coefficient (Wildman–Crippen LogP) is 3.01. The average Bonchev–Trinajstić information content (AvgIpc) is 2.07. The first-order chi connectivity index (χ1) is 6.50. The lowest BCUT2D eigenvalue weighted by Crippen LogP contribution is -2.18. The van der Waals surface area contributed by atoms with E-state index in [9.17, 15) is 0 Å². The second-order valence-corrected chi connectivity index (χ2v) is 4.52. The van der Waals surface area contributed by atoms with Gasteiger partial charge in [-0.2, -0.15) is 0 Å². The lowest BCUT2D eigenvalue weighted by molar-refractivity contribution is 0.731. The lowest BCUT2D eigenvalue weighted by atomic mass is 9.95. The van der Waals surface area contributed by atoms with E-state index in [4.69, 9.17) is 5.73 Å². The van der Waals surface area contributed by atoms with E-state index in [1.165, 1.54) is 16.7 Å². The third-order valence-electron chi connectivity index (χ3n) is 2.58. The summed E-state index contributed by atoms with van der Waals surface area (Å²) < 4.78 is 0. The van der Waals surface area contributed by atoms with Crippen LogP contribution < -0.4 is 5.73 Å². The topological polar surface area (TPSA) is 26.0 Å². The summed E-state index contributed by atoms with van der Waals surface area (Å²) in [6.07, 6.45) is 0.979. The molecular formula is C13H21N. The summed E-state index contributed by atoms with van der Waals surface area (Å²) in [5, 5.41) is 0. The van der Waals surface area contributed by atoms with Crippen LogP contribution in [0, 0.1) is 6.92 Å². The Bertz CT molecular complexity index is 300. The quantitative estimate of drug-likeness (QED) is 0.781.